The zero-order chi connectivity index (χ0) is 18.5. The molecule has 1 aliphatic rings. The van der Waals surface area contributed by atoms with Gasteiger partial charge in [-0.25, -0.2) is 0 Å². The van der Waals surface area contributed by atoms with Crippen LogP contribution in [0, 0.1) is 6.92 Å². The SMILES string of the molecule is CC[C@H](Oc1cccc(C)c1)C(=O)N[C@@H](C)c1ccc2c(c1)OCCO2. The molecule has 2 aromatic carbocycles. The first-order valence-electron chi connectivity index (χ1n) is 9.00. The number of carbonyl (C=O) groups is 1. The van der Waals surface area contributed by atoms with E-state index in [0.29, 0.717) is 25.4 Å². The lowest BCUT2D eigenvalue weighted by Gasteiger charge is -2.23. The third kappa shape index (κ3) is 4.28. The van der Waals surface area contributed by atoms with Gasteiger partial charge in [0.15, 0.2) is 17.6 Å². The molecule has 0 aliphatic carbocycles. The van der Waals surface area contributed by atoms with Crippen molar-refractivity contribution in [1.82, 2.24) is 5.32 Å². The average Bonchev–Trinajstić information content (AvgIpc) is 2.65. The molecular weight excluding hydrogens is 330 g/mol. The molecule has 0 unspecified atom stereocenters. The van der Waals surface area contributed by atoms with E-state index in [2.05, 4.69) is 5.32 Å². The Bertz CT molecular complexity index is 774. The van der Waals surface area contributed by atoms with Gasteiger partial charge in [-0.15, -0.1) is 0 Å². The van der Waals surface area contributed by atoms with E-state index >= 15 is 0 Å². The van der Waals surface area contributed by atoms with Gasteiger partial charge in [0, 0.05) is 0 Å². The van der Waals surface area contributed by atoms with Gasteiger partial charge in [-0.2, -0.15) is 0 Å². The Morgan fingerprint density at radius 3 is 2.65 bits per heavy atom. The second-order valence-electron chi connectivity index (χ2n) is 6.46. The first-order valence-corrected chi connectivity index (χ1v) is 9.00. The topological polar surface area (TPSA) is 56.8 Å². The van der Waals surface area contributed by atoms with E-state index in [1.165, 1.54) is 0 Å². The molecule has 0 aromatic heterocycles. The van der Waals surface area contributed by atoms with Crippen LogP contribution in [-0.4, -0.2) is 25.2 Å². The highest BCUT2D eigenvalue weighted by atomic mass is 16.6. The molecule has 0 saturated carbocycles. The summed E-state index contributed by atoms with van der Waals surface area (Å²) in [7, 11) is 0. The molecule has 5 heteroatoms. The van der Waals surface area contributed by atoms with Crippen LogP contribution in [0.3, 0.4) is 0 Å². The second kappa shape index (κ2) is 8.13. The molecule has 1 aliphatic heterocycles. The molecule has 5 nitrogen and oxygen atoms in total. The highest BCUT2D eigenvalue weighted by Crippen LogP contribution is 2.32. The molecule has 0 radical (unpaired) electrons. The molecule has 0 spiro atoms. The summed E-state index contributed by atoms with van der Waals surface area (Å²) in [6.45, 7) is 6.99. The average molecular weight is 355 g/mol. The normalized spacial score (nSPS) is 15.0. The van der Waals surface area contributed by atoms with Crippen molar-refractivity contribution < 1.29 is 19.0 Å². The Kier molecular flexibility index (Phi) is 5.66. The number of benzene rings is 2. The number of fused-ring (bicyclic) bond motifs is 1. The van der Waals surface area contributed by atoms with Crippen molar-refractivity contribution in [3.8, 4) is 17.2 Å². The summed E-state index contributed by atoms with van der Waals surface area (Å²) in [6.07, 6.45) is 0.0599. The van der Waals surface area contributed by atoms with Crippen molar-refractivity contribution >= 4 is 5.91 Å². The maximum absolute atomic E-state index is 12.6. The number of rotatable bonds is 6. The minimum atomic E-state index is -0.531. The van der Waals surface area contributed by atoms with Crippen molar-refractivity contribution in [3.63, 3.8) is 0 Å². The maximum Gasteiger partial charge on any atom is 0.261 e. The number of hydrogen-bond donors (Lipinski definition) is 1. The van der Waals surface area contributed by atoms with Crippen LogP contribution in [0.5, 0.6) is 17.2 Å². The lowest BCUT2D eigenvalue weighted by molar-refractivity contribution is -0.128. The van der Waals surface area contributed by atoms with Gasteiger partial charge in [0.25, 0.3) is 5.91 Å². The van der Waals surface area contributed by atoms with Crippen LogP contribution in [0.25, 0.3) is 0 Å². The summed E-state index contributed by atoms with van der Waals surface area (Å²) in [6, 6.07) is 13.3. The van der Waals surface area contributed by atoms with E-state index in [-0.39, 0.29) is 11.9 Å². The van der Waals surface area contributed by atoms with Gasteiger partial charge in [0.2, 0.25) is 0 Å². The van der Waals surface area contributed by atoms with Gasteiger partial charge in [-0.3, -0.25) is 4.79 Å². The largest absolute Gasteiger partial charge is 0.486 e. The van der Waals surface area contributed by atoms with E-state index in [1.54, 1.807) is 0 Å². The molecular formula is C21H25NO4. The highest BCUT2D eigenvalue weighted by Gasteiger charge is 2.22. The Morgan fingerprint density at radius 1 is 1.15 bits per heavy atom. The summed E-state index contributed by atoms with van der Waals surface area (Å²) in [5, 5.41) is 3.03. The van der Waals surface area contributed by atoms with Crippen LogP contribution in [0.15, 0.2) is 42.5 Å². The Morgan fingerprint density at radius 2 is 1.92 bits per heavy atom. The number of amides is 1. The van der Waals surface area contributed by atoms with Crippen LogP contribution in [-0.2, 0) is 4.79 Å². The van der Waals surface area contributed by atoms with E-state index < -0.39 is 6.10 Å². The minimum absolute atomic E-state index is 0.128. The molecule has 0 saturated heterocycles. The van der Waals surface area contributed by atoms with Gasteiger partial charge in [-0.1, -0.05) is 25.1 Å². The first-order chi connectivity index (χ1) is 12.6. The lowest BCUT2D eigenvalue weighted by Crippen LogP contribution is -2.39. The standard InChI is InChI=1S/C21H25NO4/c1-4-18(26-17-7-5-6-14(2)12-17)21(23)22-15(3)16-8-9-19-20(13-16)25-11-10-24-19/h5-9,12-13,15,18H,4,10-11H2,1-3H3,(H,22,23)/t15-,18-/m0/s1. The fourth-order valence-corrected chi connectivity index (χ4v) is 2.89. The summed E-state index contributed by atoms with van der Waals surface area (Å²) >= 11 is 0. The Balaban J connectivity index is 1.65. The van der Waals surface area contributed by atoms with Crippen molar-refractivity contribution in [2.75, 3.05) is 13.2 Å². The molecule has 2 aromatic rings. The molecule has 138 valence electrons. The number of ether oxygens (including phenoxy) is 3. The molecule has 3 rings (SSSR count). The fraction of sp³-hybridized carbons (Fsp3) is 0.381. The Hall–Kier alpha value is -2.69. The van der Waals surface area contributed by atoms with Gasteiger partial charge < -0.3 is 19.5 Å². The third-order valence-corrected chi connectivity index (χ3v) is 4.36. The smallest absolute Gasteiger partial charge is 0.261 e. The predicted molar refractivity (Wildman–Crippen MR) is 99.9 cm³/mol. The van der Waals surface area contributed by atoms with Crippen molar-refractivity contribution in [3.05, 3.63) is 53.6 Å². The van der Waals surface area contributed by atoms with Crippen LogP contribution >= 0.6 is 0 Å². The minimum Gasteiger partial charge on any atom is -0.486 e. The summed E-state index contributed by atoms with van der Waals surface area (Å²) < 4.78 is 17.0. The van der Waals surface area contributed by atoms with Gasteiger partial charge >= 0.3 is 0 Å². The van der Waals surface area contributed by atoms with Crippen LogP contribution in [0.1, 0.15) is 37.4 Å². The molecule has 1 heterocycles. The predicted octanol–water partition coefficient (Wildman–Crippen LogP) is 3.80. The van der Waals surface area contributed by atoms with Crippen LogP contribution in [0.4, 0.5) is 0 Å². The third-order valence-electron chi connectivity index (χ3n) is 4.36. The highest BCUT2D eigenvalue weighted by molar-refractivity contribution is 5.81. The van der Waals surface area contributed by atoms with Gasteiger partial charge in [0.05, 0.1) is 6.04 Å². The van der Waals surface area contributed by atoms with Gasteiger partial charge in [-0.05, 0) is 55.7 Å². The van der Waals surface area contributed by atoms with E-state index in [9.17, 15) is 4.79 Å². The molecule has 2 atom stereocenters. The molecule has 1 N–H and O–H groups in total. The summed E-state index contributed by atoms with van der Waals surface area (Å²) in [5.74, 6) is 2.04. The number of nitrogens with one attached hydrogen (secondary N) is 1. The molecule has 0 fully saturated rings. The van der Waals surface area contributed by atoms with Crippen molar-refractivity contribution in [2.24, 2.45) is 0 Å². The van der Waals surface area contributed by atoms with E-state index in [1.807, 2.05) is 63.2 Å². The van der Waals surface area contributed by atoms with Crippen molar-refractivity contribution in [1.29, 1.82) is 0 Å². The number of aryl methyl sites for hydroxylation is 1. The number of carbonyl (C=O) groups excluding carboxylic acids is 1. The molecule has 0 bridgehead atoms. The lowest BCUT2D eigenvalue weighted by atomic mass is 10.1. The summed E-state index contributed by atoms with van der Waals surface area (Å²) in [5.41, 5.74) is 2.07. The number of hydrogen-bond acceptors (Lipinski definition) is 4. The zero-order valence-corrected chi connectivity index (χ0v) is 15.5. The zero-order valence-electron chi connectivity index (χ0n) is 15.5. The fourth-order valence-electron chi connectivity index (χ4n) is 2.89. The van der Waals surface area contributed by atoms with Crippen LogP contribution < -0.4 is 19.5 Å². The molecule has 1 amide bonds. The van der Waals surface area contributed by atoms with Crippen molar-refractivity contribution in [2.45, 2.75) is 39.3 Å². The second-order valence-corrected chi connectivity index (χ2v) is 6.46. The van der Waals surface area contributed by atoms with Gasteiger partial charge in [0.1, 0.15) is 19.0 Å². The Labute approximate surface area is 154 Å². The summed E-state index contributed by atoms with van der Waals surface area (Å²) in [4.78, 5) is 12.6. The maximum atomic E-state index is 12.6. The van der Waals surface area contributed by atoms with E-state index in [0.717, 1.165) is 22.6 Å². The monoisotopic (exact) mass is 355 g/mol. The quantitative estimate of drug-likeness (QED) is 0.856. The van der Waals surface area contributed by atoms with Crippen LogP contribution in [0.2, 0.25) is 0 Å². The van der Waals surface area contributed by atoms with E-state index in [4.69, 9.17) is 14.2 Å². The molecule has 26 heavy (non-hydrogen) atoms. The first kappa shape index (κ1) is 18.1.